The van der Waals surface area contributed by atoms with Crippen LogP contribution in [-0.4, -0.2) is 15.0 Å². The molecule has 2 N–H and O–H groups in total. The first-order chi connectivity index (χ1) is 9.78. The van der Waals surface area contributed by atoms with Gasteiger partial charge in [-0.25, -0.2) is 4.68 Å². The molecule has 0 spiro atoms. The van der Waals surface area contributed by atoms with Crippen molar-refractivity contribution in [2.75, 3.05) is 0 Å². The Morgan fingerprint density at radius 2 is 2.00 bits per heavy atom. The molecular formula is C15H16N4S. The number of aryl methyl sites for hydroxylation is 1. The Labute approximate surface area is 121 Å². The highest BCUT2D eigenvalue weighted by Crippen LogP contribution is 2.20. The van der Waals surface area contributed by atoms with Crippen molar-refractivity contribution in [2.45, 2.75) is 19.9 Å². The third kappa shape index (κ3) is 2.50. The predicted molar refractivity (Wildman–Crippen MR) is 81.1 cm³/mol. The molecule has 20 heavy (non-hydrogen) atoms. The first-order valence-electron chi connectivity index (χ1n) is 6.51. The summed E-state index contributed by atoms with van der Waals surface area (Å²) in [6, 6.07) is 12.5. The molecule has 0 bridgehead atoms. The zero-order valence-corrected chi connectivity index (χ0v) is 12.1. The van der Waals surface area contributed by atoms with Crippen molar-refractivity contribution in [2.24, 2.45) is 5.73 Å². The lowest BCUT2D eigenvalue weighted by Crippen LogP contribution is -2.06. The molecule has 0 radical (unpaired) electrons. The number of thiophene rings is 1. The summed E-state index contributed by atoms with van der Waals surface area (Å²) >= 11 is 1.74. The van der Waals surface area contributed by atoms with Crippen LogP contribution in [0.15, 0.2) is 41.8 Å². The fraction of sp³-hybridized carbons (Fsp3) is 0.200. The molecule has 3 rings (SSSR count). The van der Waals surface area contributed by atoms with Crippen LogP contribution in [0.5, 0.6) is 0 Å². The van der Waals surface area contributed by atoms with Gasteiger partial charge in [-0.05, 0) is 30.5 Å². The second-order valence-electron chi connectivity index (χ2n) is 4.69. The van der Waals surface area contributed by atoms with E-state index < -0.39 is 0 Å². The Morgan fingerprint density at radius 3 is 2.65 bits per heavy atom. The minimum Gasteiger partial charge on any atom is -0.325 e. The SMILES string of the molecule is Cc1ccc(-n2nnc(CN)c2Cc2cccs2)cc1. The molecule has 3 aromatic rings. The van der Waals surface area contributed by atoms with Crippen LogP contribution in [-0.2, 0) is 13.0 Å². The van der Waals surface area contributed by atoms with Gasteiger partial charge in [0.1, 0.15) is 5.69 Å². The molecule has 0 atom stereocenters. The maximum absolute atomic E-state index is 5.78. The van der Waals surface area contributed by atoms with Crippen LogP contribution >= 0.6 is 11.3 Å². The first kappa shape index (κ1) is 13.0. The van der Waals surface area contributed by atoms with Crippen molar-refractivity contribution in [1.82, 2.24) is 15.0 Å². The zero-order chi connectivity index (χ0) is 13.9. The number of hydrogen-bond donors (Lipinski definition) is 1. The average Bonchev–Trinajstić information content (AvgIpc) is 3.10. The Morgan fingerprint density at radius 1 is 1.20 bits per heavy atom. The van der Waals surface area contributed by atoms with Crippen molar-refractivity contribution >= 4 is 11.3 Å². The van der Waals surface area contributed by atoms with Crippen molar-refractivity contribution in [3.05, 3.63) is 63.6 Å². The lowest BCUT2D eigenvalue weighted by molar-refractivity contribution is 0.773. The largest absolute Gasteiger partial charge is 0.325 e. The summed E-state index contributed by atoms with van der Waals surface area (Å²) in [5, 5.41) is 10.5. The zero-order valence-electron chi connectivity index (χ0n) is 11.3. The Balaban J connectivity index is 2.02. The fourth-order valence-corrected chi connectivity index (χ4v) is 2.85. The summed E-state index contributed by atoms with van der Waals surface area (Å²) in [5.74, 6) is 0. The number of nitrogens with two attached hydrogens (primary N) is 1. The molecule has 0 aliphatic heterocycles. The first-order valence-corrected chi connectivity index (χ1v) is 7.39. The second-order valence-corrected chi connectivity index (χ2v) is 5.72. The summed E-state index contributed by atoms with van der Waals surface area (Å²) in [6.45, 7) is 2.48. The van der Waals surface area contributed by atoms with E-state index in [1.54, 1.807) is 11.3 Å². The van der Waals surface area contributed by atoms with Crippen molar-refractivity contribution in [3.8, 4) is 5.69 Å². The highest BCUT2D eigenvalue weighted by atomic mass is 32.1. The van der Waals surface area contributed by atoms with Gasteiger partial charge in [-0.2, -0.15) is 0 Å². The van der Waals surface area contributed by atoms with E-state index in [1.165, 1.54) is 10.4 Å². The van der Waals surface area contributed by atoms with E-state index in [2.05, 4.69) is 59.0 Å². The predicted octanol–water partition coefficient (Wildman–Crippen LogP) is 2.69. The van der Waals surface area contributed by atoms with Crippen molar-refractivity contribution in [1.29, 1.82) is 0 Å². The molecule has 0 aliphatic rings. The number of rotatable bonds is 4. The third-order valence-electron chi connectivity index (χ3n) is 3.24. The van der Waals surface area contributed by atoms with E-state index in [-0.39, 0.29) is 0 Å². The van der Waals surface area contributed by atoms with E-state index in [0.717, 1.165) is 23.5 Å². The van der Waals surface area contributed by atoms with Gasteiger partial charge in [0, 0.05) is 17.8 Å². The van der Waals surface area contributed by atoms with E-state index in [1.807, 2.05) is 4.68 Å². The summed E-state index contributed by atoms with van der Waals surface area (Å²) in [7, 11) is 0. The maximum Gasteiger partial charge on any atom is 0.100 e. The molecule has 2 heterocycles. The number of benzene rings is 1. The minimum absolute atomic E-state index is 0.409. The van der Waals surface area contributed by atoms with Crippen LogP contribution in [0.1, 0.15) is 21.8 Å². The van der Waals surface area contributed by atoms with Crippen molar-refractivity contribution < 1.29 is 0 Å². The third-order valence-corrected chi connectivity index (χ3v) is 4.11. The molecule has 0 saturated carbocycles. The number of hydrogen-bond acceptors (Lipinski definition) is 4. The molecule has 4 nitrogen and oxygen atoms in total. The molecule has 0 unspecified atom stereocenters. The lowest BCUT2D eigenvalue weighted by Gasteiger charge is -2.07. The van der Waals surface area contributed by atoms with Gasteiger partial charge in [0.15, 0.2) is 0 Å². The van der Waals surface area contributed by atoms with Crippen LogP contribution in [0.25, 0.3) is 5.69 Å². The molecule has 0 aliphatic carbocycles. The van der Waals surface area contributed by atoms with Crippen LogP contribution in [0.4, 0.5) is 0 Å². The van der Waals surface area contributed by atoms with Gasteiger partial charge in [0.05, 0.1) is 11.4 Å². The highest BCUT2D eigenvalue weighted by Gasteiger charge is 2.14. The van der Waals surface area contributed by atoms with Gasteiger partial charge in [0.2, 0.25) is 0 Å². The molecule has 0 amide bonds. The molecule has 0 saturated heterocycles. The van der Waals surface area contributed by atoms with E-state index >= 15 is 0 Å². The fourth-order valence-electron chi connectivity index (χ4n) is 2.14. The van der Waals surface area contributed by atoms with Crippen LogP contribution < -0.4 is 5.73 Å². The van der Waals surface area contributed by atoms with Gasteiger partial charge < -0.3 is 5.73 Å². The molecule has 2 aromatic heterocycles. The monoisotopic (exact) mass is 284 g/mol. The summed E-state index contributed by atoms with van der Waals surface area (Å²) in [5.41, 5.74) is 9.96. The number of nitrogens with zero attached hydrogens (tertiary/aromatic N) is 3. The summed E-state index contributed by atoms with van der Waals surface area (Å²) in [6.07, 6.45) is 0.811. The molecule has 1 aromatic carbocycles. The second kappa shape index (κ2) is 5.56. The molecular weight excluding hydrogens is 268 g/mol. The van der Waals surface area contributed by atoms with Gasteiger partial charge in [-0.3, -0.25) is 0 Å². The Bertz CT molecular complexity index is 683. The van der Waals surface area contributed by atoms with E-state index in [4.69, 9.17) is 5.73 Å². The summed E-state index contributed by atoms with van der Waals surface area (Å²) < 4.78 is 1.89. The quantitative estimate of drug-likeness (QED) is 0.801. The highest BCUT2D eigenvalue weighted by molar-refractivity contribution is 7.09. The van der Waals surface area contributed by atoms with Crippen molar-refractivity contribution in [3.63, 3.8) is 0 Å². The molecule has 0 fully saturated rings. The van der Waals surface area contributed by atoms with Gasteiger partial charge >= 0.3 is 0 Å². The molecule has 102 valence electrons. The lowest BCUT2D eigenvalue weighted by atomic mass is 10.2. The molecule has 5 heteroatoms. The minimum atomic E-state index is 0.409. The average molecular weight is 284 g/mol. The van der Waals surface area contributed by atoms with Gasteiger partial charge in [-0.15, -0.1) is 16.4 Å². The van der Waals surface area contributed by atoms with Crippen LogP contribution in [0, 0.1) is 6.92 Å². The van der Waals surface area contributed by atoms with E-state index in [0.29, 0.717) is 6.54 Å². The van der Waals surface area contributed by atoms with Gasteiger partial charge in [0.25, 0.3) is 0 Å². The van der Waals surface area contributed by atoms with Crippen LogP contribution in [0.2, 0.25) is 0 Å². The van der Waals surface area contributed by atoms with Gasteiger partial charge in [-0.1, -0.05) is 29.0 Å². The number of aromatic nitrogens is 3. The summed E-state index contributed by atoms with van der Waals surface area (Å²) in [4.78, 5) is 1.29. The smallest absolute Gasteiger partial charge is 0.100 e. The van der Waals surface area contributed by atoms with Crippen LogP contribution in [0.3, 0.4) is 0 Å². The Kier molecular flexibility index (Phi) is 3.62. The Hall–Kier alpha value is -1.98. The maximum atomic E-state index is 5.78. The normalized spacial score (nSPS) is 10.9. The standard InChI is InChI=1S/C15H16N4S/c1-11-4-6-12(7-5-11)19-15(14(10-16)17-18-19)9-13-3-2-8-20-13/h2-8H,9-10,16H2,1H3. The topological polar surface area (TPSA) is 56.7 Å². The van der Waals surface area contributed by atoms with E-state index in [9.17, 15) is 0 Å².